The predicted molar refractivity (Wildman–Crippen MR) is 76.5 cm³/mol. The Morgan fingerprint density at radius 2 is 2.00 bits per heavy atom. The second-order valence-corrected chi connectivity index (χ2v) is 4.71. The summed E-state index contributed by atoms with van der Waals surface area (Å²) in [6.07, 6.45) is 0. The van der Waals surface area contributed by atoms with E-state index in [0.29, 0.717) is 17.3 Å². The largest absolute Gasteiger partial charge is 0.495 e. The zero-order valence-corrected chi connectivity index (χ0v) is 11.6. The molecule has 4 heteroatoms. The Morgan fingerprint density at radius 3 is 2.74 bits per heavy atom. The first kappa shape index (κ1) is 13.7. The molecule has 0 fully saturated rings. The summed E-state index contributed by atoms with van der Waals surface area (Å²) >= 11 is 5.96. The van der Waals surface area contributed by atoms with Crippen molar-refractivity contribution in [2.45, 2.75) is 13.5 Å². The van der Waals surface area contributed by atoms with Gasteiger partial charge in [0.15, 0.2) is 0 Å². The molecule has 0 atom stereocenters. The zero-order chi connectivity index (χ0) is 13.8. The number of rotatable bonds is 4. The number of ether oxygens (including phenoxy) is 1. The summed E-state index contributed by atoms with van der Waals surface area (Å²) in [5.41, 5.74) is 2.73. The van der Waals surface area contributed by atoms with Gasteiger partial charge in [-0.1, -0.05) is 17.7 Å². The minimum Gasteiger partial charge on any atom is -0.495 e. The molecule has 19 heavy (non-hydrogen) atoms. The highest BCUT2D eigenvalue weighted by Crippen LogP contribution is 2.28. The third-order valence-electron chi connectivity index (χ3n) is 2.94. The molecule has 0 saturated carbocycles. The third kappa shape index (κ3) is 3.38. The van der Waals surface area contributed by atoms with Crippen LogP contribution >= 0.6 is 11.6 Å². The molecule has 0 amide bonds. The second-order valence-electron chi connectivity index (χ2n) is 4.27. The van der Waals surface area contributed by atoms with Crippen molar-refractivity contribution in [2.24, 2.45) is 0 Å². The van der Waals surface area contributed by atoms with Gasteiger partial charge in [0.1, 0.15) is 11.6 Å². The Labute approximate surface area is 117 Å². The van der Waals surface area contributed by atoms with Gasteiger partial charge in [-0.3, -0.25) is 0 Å². The van der Waals surface area contributed by atoms with Gasteiger partial charge in [0, 0.05) is 11.6 Å². The molecule has 0 aromatic heterocycles. The Balaban J connectivity index is 2.18. The number of hydrogen-bond donors (Lipinski definition) is 1. The van der Waals surface area contributed by atoms with Crippen molar-refractivity contribution in [1.29, 1.82) is 0 Å². The maximum atomic E-state index is 13.2. The lowest BCUT2D eigenvalue weighted by Crippen LogP contribution is -2.03. The van der Waals surface area contributed by atoms with Gasteiger partial charge in [-0.25, -0.2) is 4.39 Å². The molecule has 0 aliphatic carbocycles. The maximum Gasteiger partial charge on any atom is 0.142 e. The quantitative estimate of drug-likeness (QED) is 0.895. The van der Waals surface area contributed by atoms with E-state index < -0.39 is 0 Å². The van der Waals surface area contributed by atoms with Crippen LogP contribution < -0.4 is 10.1 Å². The van der Waals surface area contributed by atoms with E-state index in [1.165, 1.54) is 12.1 Å². The number of aryl methyl sites for hydroxylation is 1. The van der Waals surface area contributed by atoms with Gasteiger partial charge in [-0.15, -0.1) is 0 Å². The van der Waals surface area contributed by atoms with Gasteiger partial charge in [0.2, 0.25) is 0 Å². The van der Waals surface area contributed by atoms with Crippen LogP contribution in [0.1, 0.15) is 11.1 Å². The number of hydrogen-bond acceptors (Lipinski definition) is 2. The van der Waals surface area contributed by atoms with Crippen LogP contribution in [0.5, 0.6) is 5.75 Å². The first-order chi connectivity index (χ1) is 9.10. The van der Waals surface area contributed by atoms with Gasteiger partial charge in [0.05, 0.1) is 12.8 Å². The van der Waals surface area contributed by atoms with Crippen LogP contribution in [-0.4, -0.2) is 7.11 Å². The third-order valence-corrected chi connectivity index (χ3v) is 3.18. The summed E-state index contributed by atoms with van der Waals surface area (Å²) < 4.78 is 18.5. The van der Waals surface area contributed by atoms with Gasteiger partial charge < -0.3 is 10.1 Å². The summed E-state index contributed by atoms with van der Waals surface area (Å²) in [5, 5.41) is 3.84. The van der Waals surface area contributed by atoms with Crippen molar-refractivity contribution in [3.63, 3.8) is 0 Å². The van der Waals surface area contributed by atoms with Crippen LogP contribution in [0.2, 0.25) is 5.02 Å². The zero-order valence-electron chi connectivity index (χ0n) is 10.8. The molecule has 2 aromatic rings. The van der Waals surface area contributed by atoms with Crippen LogP contribution in [0, 0.1) is 12.7 Å². The molecule has 0 aliphatic heterocycles. The van der Waals surface area contributed by atoms with Crippen LogP contribution in [-0.2, 0) is 6.54 Å². The molecule has 2 aromatic carbocycles. The molecule has 0 spiro atoms. The fraction of sp³-hybridized carbons (Fsp3) is 0.200. The highest BCUT2D eigenvalue weighted by Gasteiger charge is 2.05. The number of anilines is 1. The van der Waals surface area contributed by atoms with Crippen LogP contribution in [0.3, 0.4) is 0 Å². The highest BCUT2D eigenvalue weighted by atomic mass is 35.5. The van der Waals surface area contributed by atoms with E-state index in [1.54, 1.807) is 31.4 Å². The maximum absolute atomic E-state index is 13.2. The summed E-state index contributed by atoms with van der Waals surface area (Å²) in [6, 6.07) is 10.1. The van der Waals surface area contributed by atoms with Crippen molar-refractivity contribution in [3.8, 4) is 5.75 Å². The van der Waals surface area contributed by atoms with Crippen molar-refractivity contribution in [3.05, 3.63) is 58.4 Å². The van der Waals surface area contributed by atoms with Crippen molar-refractivity contribution < 1.29 is 9.13 Å². The van der Waals surface area contributed by atoms with Crippen molar-refractivity contribution in [2.75, 3.05) is 12.4 Å². The summed E-state index contributed by atoms with van der Waals surface area (Å²) in [4.78, 5) is 0. The Morgan fingerprint density at radius 1 is 1.21 bits per heavy atom. The minimum atomic E-state index is -0.236. The van der Waals surface area contributed by atoms with E-state index in [-0.39, 0.29) is 5.82 Å². The first-order valence-corrected chi connectivity index (χ1v) is 6.30. The van der Waals surface area contributed by atoms with E-state index >= 15 is 0 Å². The molecule has 0 bridgehead atoms. The molecular weight excluding hydrogens is 265 g/mol. The van der Waals surface area contributed by atoms with Crippen LogP contribution in [0.4, 0.5) is 10.1 Å². The topological polar surface area (TPSA) is 21.3 Å². The molecule has 0 radical (unpaired) electrons. The molecule has 1 N–H and O–H groups in total. The van der Waals surface area contributed by atoms with Crippen molar-refractivity contribution in [1.82, 2.24) is 0 Å². The van der Waals surface area contributed by atoms with E-state index in [4.69, 9.17) is 16.3 Å². The van der Waals surface area contributed by atoms with Gasteiger partial charge in [0.25, 0.3) is 0 Å². The average Bonchev–Trinajstić information content (AvgIpc) is 2.40. The molecule has 2 nitrogen and oxygen atoms in total. The first-order valence-electron chi connectivity index (χ1n) is 5.92. The van der Waals surface area contributed by atoms with Crippen LogP contribution in [0.15, 0.2) is 36.4 Å². The average molecular weight is 280 g/mol. The monoisotopic (exact) mass is 279 g/mol. The summed E-state index contributed by atoms with van der Waals surface area (Å²) in [5.74, 6) is 0.471. The van der Waals surface area contributed by atoms with E-state index in [1.807, 2.05) is 6.92 Å². The van der Waals surface area contributed by atoms with E-state index in [0.717, 1.165) is 16.8 Å². The lowest BCUT2D eigenvalue weighted by molar-refractivity contribution is 0.416. The molecule has 2 rings (SSSR count). The second kappa shape index (κ2) is 5.93. The fourth-order valence-corrected chi connectivity index (χ4v) is 2.01. The molecule has 100 valence electrons. The predicted octanol–water partition coefficient (Wildman–Crippen LogP) is 4.41. The Hall–Kier alpha value is -1.74. The van der Waals surface area contributed by atoms with Crippen LogP contribution in [0.25, 0.3) is 0 Å². The van der Waals surface area contributed by atoms with Gasteiger partial charge in [-0.05, 0) is 48.4 Å². The normalized spacial score (nSPS) is 10.3. The number of methoxy groups -OCH3 is 1. The van der Waals surface area contributed by atoms with E-state index in [9.17, 15) is 4.39 Å². The van der Waals surface area contributed by atoms with Gasteiger partial charge in [-0.2, -0.15) is 0 Å². The van der Waals surface area contributed by atoms with Gasteiger partial charge >= 0.3 is 0 Å². The smallest absolute Gasteiger partial charge is 0.142 e. The lowest BCUT2D eigenvalue weighted by Gasteiger charge is -2.13. The van der Waals surface area contributed by atoms with Crippen molar-refractivity contribution >= 4 is 17.3 Å². The highest BCUT2D eigenvalue weighted by molar-refractivity contribution is 6.30. The number of benzene rings is 2. The Kier molecular flexibility index (Phi) is 4.27. The molecular formula is C15H15ClFNO. The minimum absolute atomic E-state index is 0.236. The molecule has 0 unspecified atom stereocenters. The lowest BCUT2D eigenvalue weighted by atomic mass is 10.1. The molecule has 0 heterocycles. The summed E-state index contributed by atoms with van der Waals surface area (Å²) in [6.45, 7) is 2.46. The number of nitrogens with one attached hydrogen (secondary N) is 1. The standard InChI is InChI=1S/C15H15ClFNO/c1-10-3-5-13(17)7-11(10)9-18-14-8-12(16)4-6-15(14)19-2/h3-8,18H,9H2,1-2H3. The summed E-state index contributed by atoms with van der Waals surface area (Å²) in [7, 11) is 1.60. The van der Waals surface area contributed by atoms with E-state index in [2.05, 4.69) is 5.32 Å². The SMILES string of the molecule is COc1ccc(Cl)cc1NCc1cc(F)ccc1C. The molecule has 0 saturated heterocycles. The number of halogens is 2. The molecule has 0 aliphatic rings. The fourth-order valence-electron chi connectivity index (χ4n) is 1.84. The Bertz CT molecular complexity index is 586.